The second-order valence-corrected chi connectivity index (χ2v) is 5.45. The molecule has 0 aliphatic carbocycles. The topological polar surface area (TPSA) is 95.1 Å². The third kappa shape index (κ3) is 3.51. The maximum atomic E-state index is 12.1. The minimum atomic E-state index is -0.848. The molecule has 0 unspecified atom stereocenters. The highest BCUT2D eigenvalue weighted by Gasteiger charge is 2.12. The number of amides is 1. The third-order valence-corrected chi connectivity index (χ3v) is 3.64. The van der Waals surface area contributed by atoms with Crippen LogP contribution in [-0.4, -0.2) is 45.2 Å². The van der Waals surface area contributed by atoms with E-state index in [1.807, 2.05) is 13.0 Å². The Morgan fingerprint density at radius 3 is 3.00 bits per heavy atom. The van der Waals surface area contributed by atoms with Crippen LogP contribution in [0, 0.1) is 6.92 Å². The van der Waals surface area contributed by atoms with Crippen molar-refractivity contribution in [3.8, 4) is 0 Å². The van der Waals surface area contributed by atoms with Crippen molar-refractivity contribution in [3.05, 3.63) is 29.5 Å². The molecule has 0 spiro atoms. The molecule has 6 nitrogen and oxygen atoms in total. The minimum Gasteiger partial charge on any atom is -0.481 e. The number of H-pyrrole nitrogens is 1. The second kappa shape index (κ2) is 6.42. The summed E-state index contributed by atoms with van der Waals surface area (Å²) >= 11 is 1.27. The summed E-state index contributed by atoms with van der Waals surface area (Å²) in [5.74, 6) is -0.417. The van der Waals surface area contributed by atoms with Gasteiger partial charge in [-0.1, -0.05) is 0 Å². The Hall–Kier alpha value is -2.02. The van der Waals surface area contributed by atoms with Crippen molar-refractivity contribution in [2.45, 2.75) is 6.92 Å². The number of carboxylic acids is 1. The van der Waals surface area contributed by atoms with Crippen molar-refractivity contribution < 1.29 is 14.7 Å². The highest BCUT2D eigenvalue weighted by Crippen LogP contribution is 2.18. The first kappa shape index (κ1) is 14.4. The van der Waals surface area contributed by atoms with Crippen LogP contribution >= 0.6 is 11.8 Å². The standard InChI is InChI=1S/C13H15N3O3S/c1-8-4-9-6-15-16-12(9)10(5-8)13(19)14-2-3-20-7-11(17)18/h4-6H,2-3,7H2,1H3,(H,14,19)(H,15,16)(H,17,18). The van der Waals surface area contributed by atoms with E-state index < -0.39 is 5.97 Å². The zero-order chi connectivity index (χ0) is 14.5. The van der Waals surface area contributed by atoms with Gasteiger partial charge in [-0.15, -0.1) is 11.8 Å². The monoisotopic (exact) mass is 293 g/mol. The average Bonchev–Trinajstić information content (AvgIpc) is 2.84. The van der Waals surface area contributed by atoms with Gasteiger partial charge in [0.1, 0.15) is 0 Å². The van der Waals surface area contributed by atoms with E-state index in [4.69, 9.17) is 5.11 Å². The maximum Gasteiger partial charge on any atom is 0.313 e. The Labute approximate surface area is 119 Å². The Balaban J connectivity index is 1.97. The fourth-order valence-corrected chi connectivity index (χ4v) is 2.44. The first-order valence-corrected chi connectivity index (χ1v) is 7.25. The van der Waals surface area contributed by atoms with E-state index in [0.717, 1.165) is 10.9 Å². The van der Waals surface area contributed by atoms with Crippen LogP contribution < -0.4 is 5.32 Å². The summed E-state index contributed by atoms with van der Waals surface area (Å²) in [6.45, 7) is 2.35. The van der Waals surface area contributed by atoms with Crippen molar-refractivity contribution in [1.29, 1.82) is 0 Å². The van der Waals surface area contributed by atoms with Gasteiger partial charge in [0.2, 0.25) is 0 Å². The lowest BCUT2D eigenvalue weighted by Crippen LogP contribution is -2.26. The van der Waals surface area contributed by atoms with E-state index in [1.165, 1.54) is 11.8 Å². The fraction of sp³-hybridized carbons (Fsp3) is 0.308. The number of rotatable bonds is 6. The molecule has 1 heterocycles. The number of hydrogen-bond donors (Lipinski definition) is 3. The number of hydrogen-bond acceptors (Lipinski definition) is 4. The Kier molecular flexibility index (Phi) is 4.62. The van der Waals surface area contributed by atoms with Gasteiger partial charge in [0, 0.05) is 17.7 Å². The molecule has 0 saturated carbocycles. The van der Waals surface area contributed by atoms with E-state index in [1.54, 1.807) is 12.3 Å². The number of carbonyl (C=O) groups excluding carboxylic acids is 1. The molecule has 1 aromatic carbocycles. The minimum absolute atomic E-state index is 0.0467. The zero-order valence-corrected chi connectivity index (χ0v) is 11.8. The fourth-order valence-electron chi connectivity index (χ4n) is 1.88. The number of carboxylic acid groups (broad SMARTS) is 1. The number of thioether (sulfide) groups is 1. The molecule has 2 aromatic rings. The maximum absolute atomic E-state index is 12.1. The van der Waals surface area contributed by atoms with Gasteiger partial charge >= 0.3 is 5.97 Å². The van der Waals surface area contributed by atoms with E-state index in [0.29, 0.717) is 23.4 Å². The van der Waals surface area contributed by atoms with Gasteiger partial charge < -0.3 is 10.4 Å². The lowest BCUT2D eigenvalue weighted by Gasteiger charge is -2.06. The van der Waals surface area contributed by atoms with Gasteiger partial charge in [-0.05, 0) is 24.6 Å². The highest BCUT2D eigenvalue weighted by atomic mass is 32.2. The molecule has 2 rings (SSSR count). The van der Waals surface area contributed by atoms with Gasteiger partial charge in [0.25, 0.3) is 5.91 Å². The van der Waals surface area contributed by atoms with Crippen LogP contribution in [0.1, 0.15) is 15.9 Å². The Morgan fingerprint density at radius 1 is 1.45 bits per heavy atom. The molecule has 0 bridgehead atoms. The summed E-state index contributed by atoms with van der Waals surface area (Å²) in [6.07, 6.45) is 1.68. The number of fused-ring (bicyclic) bond motifs is 1. The molecule has 0 aliphatic rings. The quantitative estimate of drug-likeness (QED) is 0.700. The van der Waals surface area contributed by atoms with Crippen molar-refractivity contribution in [2.24, 2.45) is 0 Å². The van der Waals surface area contributed by atoms with Crippen LogP contribution in [-0.2, 0) is 4.79 Å². The van der Waals surface area contributed by atoms with Crippen molar-refractivity contribution >= 4 is 34.5 Å². The number of aryl methyl sites for hydroxylation is 1. The number of carbonyl (C=O) groups is 2. The zero-order valence-electron chi connectivity index (χ0n) is 11.0. The van der Waals surface area contributed by atoms with E-state index in [-0.39, 0.29) is 11.7 Å². The summed E-state index contributed by atoms with van der Waals surface area (Å²) < 4.78 is 0. The molecule has 0 fully saturated rings. The van der Waals surface area contributed by atoms with E-state index in [2.05, 4.69) is 15.5 Å². The molecular formula is C13H15N3O3S. The number of aromatic nitrogens is 2. The van der Waals surface area contributed by atoms with Crippen molar-refractivity contribution in [3.63, 3.8) is 0 Å². The van der Waals surface area contributed by atoms with Crippen LogP contribution in [0.4, 0.5) is 0 Å². The second-order valence-electron chi connectivity index (χ2n) is 4.35. The molecule has 0 radical (unpaired) electrons. The molecule has 1 amide bonds. The van der Waals surface area contributed by atoms with Crippen molar-refractivity contribution in [1.82, 2.24) is 15.5 Å². The van der Waals surface area contributed by atoms with Crippen LogP contribution in [0.15, 0.2) is 18.3 Å². The van der Waals surface area contributed by atoms with E-state index >= 15 is 0 Å². The van der Waals surface area contributed by atoms with E-state index in [9.17, 15) is 9.59 Å². The number of nitrogens with zero attached hydrogens (tertiary/aromatic N) is 1. The summed E-state index contributed by atoms with van der Waals surface area (Å²) in [6, 6.07) is 3.76. The highest BCUT2D eigenvalue weighted by molar-refractivity contribution is 7.99. The van der Waals surface area contributed by atoms with Crippen LogP contribution in [0.3, 0.4) is 0 Å². The number of nitrogens with one attached hydrogen (secondary N) is 2. The molecule has 20 heavy (non-hydrogen) atoms. The molecule has 3 N–H and O–H groups in total. The summed E-state index contributed by atoms with van der Waals surface area (Å²) in [4.78, 5) is 22.5. The number of benzene rings is 1. The first-order chi connectivity index (χ1) is 9.58. The van der Waals surface area contributed by atoms with Crippen LogP contribution in [0.25, 0.3) is 10.9 Å². The SMILES string of the molecule is Cc1cc(C(=O)NCCSCC(=O)O)c2[nH]ncc2c1. The van der Waals surface area contributed by atoms with Crippen LogP contribution in [0.2, 0.25) is 0 Å². The molecule has 106 valence electrons. The summed E-state index contributed by atoms with van der Waals surface area (Å²) in [5.41, 5.74) is 2.26. The Bertz CT molecular complexity index is 639. The molecule has 0 atom stereocenters. The van der Waals surface area contributed by atoms with Gasteiger partial charge in [-0.3, -0.25) is 14.7 Å². The van der Waals surface area contributed by atoms with Gasteiger partial charge in [-0.2, -0.15) is 5.10 Å². The normalized spacial score (nSPS) is 10.7. The Morgan fingerprint density at radius 2 is 2.25 bits per heavy atom. The third-order valence-electron chi connectivity index (χ3n) is 2.70. The summed E-state index contributed by atoms with van der Waals surface area (Å²) in [7, 11) is 0. The first-order valence-electron chi connectivity index (χ1n) is 6.09. The van der Waals surface area contributed by atoms with Gasteiger partial charge in [0.15, 0.2) is 0 Å². The molecular weight excluding hydrogens is 278 g/mol. The van der Waals surface area contributed by atoms with Gasteiger partial charge in [0.05, 0.1) is 23.0 Å². The molecule has 1 aromatic heterocycles. The van der Waals surface area contributed by atoms with Crippen LogP contribution in [0.5, 0.6) is 0 Å². The largest absolute Gasteiger partial charge is 0.481 e. The predicted molar refractivity (Wildman–Crippen MR) is 78.1 cm³/mol. The lowest BCUT2D eigenvalue weighted by atomic mass is 10.1. The lowest BCUT2D eigenvalue weighted by molar-refractivity contribution is -0.133. The molecule has 0 saturated heterocycles. The average molecular weight is 293 g/mol. The number of aromatic amines is 1. The molecule has 0 aliphatic heterocycles. The number of aliphatic carboxylic acids is 1. The smallest absolute Gasteiger partial charge is 0.313 e. The van der Waals surface area contributed by atoms with Gasteiger partial charge in [-0.25, -0.2) is 0 Å². The summed E-state index contributed by atoms with van der Waals surface area (Å²) in [5, 5.41) is 18.9. The predicted octanol–water partition coefficient (Wildman–Crippen LogP) is 1.42. The van der Waals surface area contributed by atoms with Crippen molar-refractivity contribution in [2.75, 3.05) is 18.1 Å². The molecule has 7 heteroatoms.